The summed E-state index contributed by atoms with van der Waals surface area (Å²) < 4.78 is 2.25. The highest BCUT2D eigenvalue weighted by atomic mass is 15.2. The van der Waals surface area contributed by atoms with Crippen LogP contribution in [0.5, 0.6) is 0 Å². The summed E-state index contributed by atoms with van der Waals surface area (Å²) in [4.78, 5) is 15.7. The monoisotopic (exact) mass is 666 g/mol. The lowest BCUT2D eigenvalue weighted by Gasteiger charge is -2.21. The van der Waals surface area contributed by atoms with Crippen molar-refractivity contribution < 1.29 is 0 Å². The second kappa shape index (κ2) is 11.7. The molecule has 52 heavy (non-hydrogen) atoms. The Kier molecular flexibility index (Phi) is 6.80. The SMILES string of the molecule is CC1(C)c2ccccc2-c2c(-c3cccc4c5ccccc5n(-c5nc(-c6ccccc6)nc(-c6cccc(-c7ccccc7)c6)n5)c34)cccc21. The topological polar surface area (TPSA) is 43.6 Å². The zero-order valence-corrected chi connectivity index (χ0v) is 29.0. The van der Waals surface area contributed by atoms with E-state index in [1.165, 1.54) is 27.8 Å². The number of rotatable bonds is 5. The summed E-state index contributed by atoms with van der Waals surface area (Å²) >= 11 is 0. The summed E-state index contributed by atoms with van der Waals surface area (Å²) in [5, 5.41) is 2.31. The number of para-hydroxylation sites is 2. The van der Waals surface area contributed by atoms with Crippen LogP contribution in [0, 0.1) is 0 Å². The molecule has 0 bridgehead atoms. The first-order valence-corrected chi connectivity index (χ1v) is 17.8. The first-order chi connectivity index (χ1) is 25.6. The molecular formula is C48H34N4. The normalized spacial score (nSPS) is 13.0. The van der Waals surface area contributed by atoms with E-state index in [0.29, 0.717) is 17.6 Å². The maximum atomic E-state index is 5.31. The minimum atomic E-state index is -0.107. The molecule has 246 valence electrons. The van der Waals surface area contributed by atoms with Crippen molar-refractivity contribution in [3.05, 3.63) is 181 Å². The lowest BCUT2D eigenvalue weighted by atomic mass is 9.82. The molecule has 9 aromatic rings. The number of fused-ring (bicyclic) bond motifs is 6. The van der Waals surface area contributed by atoms with E-state index in [2.05, 4.69) is 164 Å². The van der Waals surface area contributed by atoms with Crippen LogP contribution in [-0.2, 0) is 5.41 Å². The Balaban J connectivity index is 1.27. The number of hydrogen-bond donors (Lipinski definition) is 0. The van der Waals surface area contributed by atoms with Crippen LogP contribution < -0.4 is 0 Å². The first-order valence-electron chi connectivity index (χ1n) is 17.8. The molecule has 2 heterocycles. The van der Waals surface area contributed by atoms with Crippen molar-refractivity contribution >= 4 is 21.8 Å². The molecule has 0 amide bonds. The molecule has 0 radical (unpaired) electrons. The van der Waals surface area contributed by atoms with Crippen LogP contribution in [0.4, 0.5) is 0 Å². The summed E-state index contributed by atoms with van der Waals surface area (Å²) in [6.07, 6.45) is 0. The Bertz CT molecular complexity index is 2810. The highest BCUT2D eigenvalue weighted by molar-refractivity contribution is 6.14. The molecule has 0 N–H and O–H groups in total. The third kappa shape index (κ3) is 4.65. The van der Waals surface area contributed by atoms with Crippen molar-refractivity contribution in [2.75, 3.05) is 0 Å². The van der Waals surface area contributed by atoms with Crippen LogP contribution in [0.15, 0.2) is 170 Å². The van der Waals surface area contributed by atoms with Gasteiger partial charge < -0.3 is 0 Å². The van der Waals surface area contributed by atoms with Gasteiger partial charge in [-0.05, 0) is 51.1 Å². The fourth-order valence-electron chi connectivity index (χ4n) is 8.20. The highest BCUT2D eigenvalue weighted by Crippen LogP contribution is 2.53. The zero-order valence-electron chi connectivity index (χ0n) is 29.0. The molecule has 2 aromatic heterocycles. The standard InChI is InChI=1S/C48H34N4/c1-48(2)40-27-11-9-23-39(40)43-36(24-15-28-41(43)48)38-26-14-25-37-35-22-10-12-29-42(35)52(44(37)38)47-50-45(32-18-7-4-8-19-32)49-46(51-47)34-21-13-20-33(30-34)31-16-5-3-6-17-31/h3-30H,1-2H3. The fourth-order valence-corrected chi connectivity index (χ4v) is 8.20. The molecule has 0 saturated carbocycles. The third-order valence-corrected chi connectivity index (χ3v) is 10.7. The van der Waals surface area contributed by atoms with Gasteiger partial charge in [-0.15, -0.1) is 0 Å². The molecule has 10 rings (SSSR count). The molecular weight excluding hydrogens is 633 g/mol. The molecule has 0 atom stereocenters. The fraction of sp³-hybridized carbons (Fsp3) is 0.0625. The van der Waals surface area contributed by atoms with Gasteiger partial charge in [-0.2, -0.15) is 9.97 Å². The summed E-state index contributed by atoms with van der Waals surface area (Å²) in [7, 11) is 0. The van der Waals surface area contributed by atoms with Gasteiger partial charge in [-0.3, -0.25) is 4.57 Å². The average Bonchev–Trinajstić information content (AvgIpc) is 3.67. The van der Waals surface area contributed by atoms with E-state index in [-0.39, 0.29) is 5.41 Å². The van der Waals surface area contributed by atoms with Gasteiger partial charge in [0.25, 0.3) is 0 Å². The van der Waals surface area contributed by atoms with Crippen LogP contribution in [0.2, 0.25) is 0 Å². The Hall–Kier alpha value is -6.65. The van der Waals surface area contributed by atoms with Gasteiger partial charge in [0.05, 0.1) is 11.0 Å². The average molecular weight is 667 g/mol. The van der Waals surface area contributed by atoms with Crippen LogP contribution >= 0.6 is 0 Å². The molecule has 0 spiro atoms. The maximum Gasteiger partial charge on any atom is 0.238 e. The Morgan fingerprint density at radius 3 is 1.81 bits per heavy atom. The van der Waals surface area contributed by atoms with Crippen molar-refractivity contribution in [1.82, 2.24) is 19.5 Å². The van der Waals surface area contributed by atoms with Crippen molar-refractivity contribution in [3.63, 3.8) is 0 Å². The van der Waals surface area contributed by atoms with Gasteiger partial charge >= 0.3 is 0 Å². The molecule has 1 aliphatic carbocycles. The van der Waals surface area contributed by atoms with E-state index >= 15 is 0 Å². The van der Waals surface area contributed by atoms with Crippen molar-refractivity contribution in [2.24, 2.45) is 0 Å². The summed E-state index contributed by atoms with van der Waals surface area (Å²) in [5.74, 6) is 1.84. The smallest absolute Gasteiger partial charge is 0.238 e. The van der Waals surface area contributed by atoms with E-state index in [1.807, 2.05) is 24.3 Å². The van der Waals surface area contributed by atoms with Crippen LogP contribution in [-0.4, -0.2) is 19.5 Å². The minimum absolute atomic E-state index is 0.107. The Morgan fingerprint density at radius 1 is 0.423 bits per heavy atom. The molecule has 0 aliphatic heterocycles. The second-order valence-corrected chi connectivity index (χ2v) is 14.0. The van der Waals surface area contributed by atoms with Gasteiger partial charge in [0.2, 0.25) is 5.95 Å². The van der Waals surface area contributed by atoms with E-state index in [9.17, 15) is 0 Å². The van der Waals surface area contributed by atoms with Crippen molar-refractivity contribution in [1.29, 1.82) is 0 Å². The van der Waals surface area contributed by atoms with E-state index in [4.69, 9.17) is 15.0 Å². The second-order valence-electron chi connectivity index (χ2n) is 14.0. The molecule has 0 unspecified atom stereocenters. The molecule has 0 fully saturated rings. The lowest BCUT2D eigenvalue weighted by molar-refractivity contribution is 0.660. The summed E-state index contributed by atoms with van der Waals surface area (Å²) in [5.41, 5.74) is 13.8. The number of benzene rings is 7. The molecule has 7 aromatic carbocycles. The van der Waals surface area contributed by atoms with E-state index in [0.717, 1.165) is 49.6 Å². The maximum absolute atomic E-state index is 5.31. The predicted molar refractivity (Wildman–Crippen MR) is 213 cm³/mol. The molecule has 1 aliphatic rings. The largest absolute Gasteiger partial charge is 0.277 e. The number of nitrogens with zero attached hydrogens (tertiary/aromatic N) is 4. The first kappa shape index (κ1) is 30.2. The van der Waals surface area contributed by atoms with Crippen LogP contribution in [0.25, 0.3) is 83.9 Å². The van der Waals surface area contributed by atoms with Crippen molar-refractivity contribution in [2.45, 2.75) is 19.3 Å². The van der Waals surface area contributed by atoms with Gasteiger partial charge in [-0.1, -0.05) is 172 Å². The number of aromatic nitrogens is 4. The van der Waals surface area contributed by atoms with E-state index in [1.54, 1.807) is 0 Å². The Labute approximate surface area is 302 Å². The van der Waals surface area contributed by atoms with Crippen LogP contribution in [0.1, 0.15) is 25.0 Å². The van der Waals surface area contributed by atoms with Gasteiger partial charge in [-0.25, -0.2) is 4.98 Å². The van der Waals surface area contributed by atoms with E-state index < -0.39 is 0 Å². The molecule has 4 nitrogen and oxygen atoms in total. The Morgan fingerprint density at radius 2 is 0.981 bits per heavy atom. The van der Waals surface area contributed by atoms with Gasteiger partial charge in [0.1, 0.15) is 0 Å². The lowest BCUT2D eigenvalue weighted by Crippen LogP contribution is -2.14. The highest BCUT2D eigenvalue weighted by Gasteiger charge is 2.37. The number of hydrogen-bond acceptors (Lipinski definition) is 3. The predicted octanol–water partition coefficient (Wildman–Crippen LogP) is 11.9. The third-order valence-electron chi connectivity index (χ3n) is 10.7. The van der Waals surface area contributed by atoms with Crippen molar-refractivity contribution in [3.8, 4) is 62.1 Å². The molecule has 4 heteroatoms. The van der Waals surface area contributed by atoms with Gasteiger partial charge in [0.15, 0.2) is 11.6 Å². The summed E-state index contributed by atoms with van der Waals surface area (Å²) in [6.45, 7) is 4.67. The zero-order chi connectivity index (χ0) is 34.8. The minimum Gasteiger partial charge on any atom is -0.277 e. The summed E-state index contributed by atoms with van der Waals surface area (Å²) in [6, 6.07) is 60.0. The molecule has 0 saturated heterocycles. The quantitative estimate of drug-likeness (QED) is 0.184. The van der Waals surface area contributed by atoms with Gasteiger partial charge in [0, 0.05) is 32.9 Å². The van der Waals surface area contributed by atoms with Crippen LogP contribution in [0.3, 0.4) is 0 Å².